The number of carbonyl (C=O) groups excluding carboxylic acids is 2. The second kappa shape index (κ2) is 9.13. The first-order valence-corrected chi connectivity index (χ1v) is 10.1. The van der Waals surface area contributed by atoms with E-state index >= 15 is 0 Å². The number of methoxy groups -OCH3 is 1. The number of hydrogen-bond acceptors (Lipinski definition) is 4. The first-order valence-electron chi connectivity index (χ1n) is 10.1. The molecule has 33 heavy (non-hydrogen) atoms. The Hall–Kier alpha value is -3.56. The summed E-state index contributed by atoms with van der Waals surface area (Å²) in [6.45, 7) is 3.48. The quantitative estimate of drug-likeness (QED) is 0.494. The molecule has 3 rings (SSSR count). The first-order chi connectivity index (χ1) is 15.5. The van der Waals surface area contributed by atoms with Crippen molar-refractivity contribution in [3.05, 3.63) is 59.0 Å². The van der Waals surface area contributed by atoms with E-state index in [1.165, 1.54) is 29.9 Å². The third kappa shape index (κ3) is 4.79. The van der Waals surface area contributed by atoms with Crippen LogP contribution < -0.4 is 15.2 Å². The number of ether oxygens (including phenoxy) is 2. The van der Waals surface area contributed by atoms with E-state index in [9.17, 15) is 27.2 Å². The molecule has 6 nitrogen and oxygen atoms in total. The van der Waals surface area contributed by atoms with E-state index in [0.717, 1.165) is 18.2 Å². The molecule has 0 aliphatic carbocycles. The van der Waals surface area contributed by atoms with E-state index in [1.807, 2.05) is 6.92 Å². The van der Waals surface area contributed by atoms with Crippen LogP contribution in [0, 0.1) is 12.7 Å². The fourth-order valence-electron chi connectivity index (χ4n) is 3.94. The zero-order valence-corrected chi connectivity index (χ0v) is 18.1. The number of primary amides is 1. The number of amides is 1. The molecule has 2 N–H and O–H groups in total. The predicted molar refractivity (Wildman–Crippen MR) is 113 cm³/mol. The van der Waals surface area contributed by atoms with Crippen LogP contribution in [0.15, 0.2) is 36.4 Å². The first kappa shape index (κ1) is 24.1. The summed E-state index contributed by atoms with van der Waals surface area (Å²) >= 11 is 0. The van der Waals surface area contributed by atoms with Gasteiger partial charge in [-0.1, -0.05) is 13.3 Å². The van der Waals surface area contributed by atoms with Crippen molar-refractivity contribution in [2.75, 3.05) is 7.11 Å². The number of benzene rings is 2. The Labute approximate surface area is 186 Å². The molecule has 0 bridgehead atoms. The lowest BCUT2D eigenvalue weighted by Gasteiger charge is -2.14. The summed E-state index contributed by atoms with van der Waals surface area (Å²) in [6, 6.07) is 6.89. The topological polar surface area (TPSA) is 83.6 Å². The lowest BCUT2D eigenvalue weighted by Crippen LogP contribution is -2.22. The van der Waals surface area contributed by atoms with Gasteiger partial charge in [-0.05, 0) is 49.2 Å². The lowest BCUT2D eigenvalue weighted by atomic mass is 9.91. The number of fused-ring (bicyclic) bond motifs is 1. The summed E-state index contributed by atoms with van der Waals surface area (Å²) in [7, 11) is 1.29. The van der Waals surface area contributed by atoms with Crippen molar-refractivity contribution in [2.45, 2.75) is 39.0 Å². The van der Waals surface area contributed by atoms with Gasteiger partial charge in [-0.15, -0.1) is 13.2 Å². The van der Waals surface area contributed by atoms with Crippen molar-refractivity contribution in [2.24, 2.45) is 5.73 Å². The van der Waals surface area contributed by atoms with Crippen molar-refractivity contribution in [3.8, 4) is 11.5 Å². The third-order valence-electron chi connectivity index (χ3n) is 5.33. The van der Waals surface area contributed by atoms with Crippen LogP contribution in [-0.4, -0.2) is 29.9 Å². The lowest BCUT2D eigenvalue weighted by molar-refractivity contribution is -0.274. The van der Waals surface area contributed by atoms with E-state index in [1.54, 1.807) is 6.92 Å². The van der Waals surface area contributed by atoms with E-state index < -0.39 is 35.7 Å². The highest BCUT2D eigenvalue weighted by Gasteiger charge is 2.32. The van der Waals surface area contributed by atoms with E-state index in [0.29, 0.717) is 29.5 Å². The van der Waals surface area contributed by atoms with Gasteiger partial charge in [-0.3, -0.25) is 14.2 Å². The molecule has 1 atom stereocenters. The van der Waals surface area contributed by atoms with Crippen molar-refractivity contribution < 1.29 is 36.6 Å². The monoisotopic (exact) mass is 466 g/mol. The molecule has 1 unspecified atom stereocenters. The molecule has 0 saturated heterocycles. The molecule has 3 aromatic rings. The Kier molecular flexibility index (Phi) is 6.66. The summed E-state index contributed by atoms with van der Waals surface area (Å²) in [5, 5.41) is 0.424. The van der Waals surface area contributed by atoms with Gasteiger partial charge in [-0.2, -0.15) is 0 Å². The number of hydrogen-bond donors (Lipinski definition) is 1. The Balaban J connectivity index is 2.20. The molecular formula is C23H22F4N2O4. The second-order valence-corrected chi connectivity index (χ2v) is 7.46. The molecule has 0 spiro atoms. The number of alkyl halides is 3. The third-order valence-corrected chi connectivity index (χ3v) is 5.33. The zero-order chi connectivity index (χ0) is 24.5. The normalized spacial score (nSPS) is 12.6. The van der Waals surface area contributed by atoms with Crippen LogP contribution in [-0.2, 0) is 4.79 Å². The van der Waals surface area contributed by atoms with Gasteiger partial charge in [0.2, 0.25) is 5.91 Å². The maximum Gasteiger partial charge on any atom is 0.573 e. The molecule has 2 aromatic carbocycles. The number of rotatable bonds is 7. The highest BCUT2D eigenvalue weighted by atomic mass is 19.4. The average Bonchev–Trinajstić information content (AvgIpc) is 3.00. The highest BCUT2D eigenvalue weighted by molar-refractivity contribution is 6.05. The predicted octanol–water partition coefficient (Wildman–Crippen LogP) is 5.05. The maximum absolute atomic E-state index is 14.6. The minimum absolute atomic E-state index is 0.0402. The van der Waals surface area contributed by atoms with Crippen LogP contribution in [0.4, 0.5) is 17.6 Å². The summed E-state index contributed by atoms with van der Waals surface area (Å²) in [5.74, 6) is -3.22. The Morgan fingerprint density at radius 3 is 2.30 bits per heavy atom. The van der Waals surface area contributed by atoms with Crippen molar-refractivity contribution in [1.29, 1.82) is 0 Å². The van der Waals surface area contributed by atoms with Crippen LogP contribution in [0.2, 0.25) is 0 Å². The van der Waals surface area contributed by atoms with Crippen LogP contribution in [0.25, 0.3) is 10.9 Å². The van der Waals surface area contributed by atoms with Gasteiger partial charge >= 0.3 is 6.36 Å². The molecular weight excluding hydrogens is 444 g/mol. The molecule has 0 fully saturated rings. The summed E-state index contributed by atoms with van der Waals surface area (Å²) in [5.41, 5.74) is 6.70. The average molecular weight is 466 g/mol. The number of halogens is 4. The van der Waals surface area contributed by atoms with Gasteiger partial charge in [-0.25, -0.2) is 4.39 Å². The van der Waals surface area contributed by atoms with Gasteiger partial charge < -0.3 is 15.2 Å². The maximum atomic E-state index is 14.6. The van der Waals surface area contributed by atoms with Gasteiger partial charge in [0.15, 0.2) is 11.6 Å². The van der Waals surface area contributed by atoms with Crippen LogP contribution in [0.3, 0.4) is 0 Å². The van der Waals surface area contributed by atoms with Gasteiger partial charge in [0.25, 0.3) is 5.91 Å². The Bertz CT molecular complexity index is 1200. The van der Waals surface area contributed by atoms with E-state index in [-0.39, 0.29) is 16.8 Å². The van der Waals surface area contributed by atoms with E-state index in [4.69, 9.17) is 10.5 Å². The van der Waals surface area contributed by atoms with Gasteiger partial charge in [0.1, 0.15) is 5.75 Å². The molecule has 0 saturated carbocycles. The molecule has 0 aliphatic heterocycles. The second-order valence-electron chi connectivity index (χ2n) is 7.46. The minimum Gasteiger partial charge on any atom is -0.494 e. The van der Waals surface area contributed by atoms with E-state index in [2.05, 4.69) is 4.74 Å². The summed E-state index contributed by atoms with van der Waals surface area (Å²) in [4.78, 5) is 25.6. The van der Waals surface area contributed by atoms with Crippen LogP contribution in [0.1, 0.15) is 47.3 Å². The van der Waals surface area contributed by atoms with Crippen molar-refractivity contribution in [3.63, 3.8) is 0 Å². The number of nitrogens with two attached hydrogens (primary N) is 1. The van der Waals surface area contributed by atoms with Crippen molar-refractivity contribution >= 4 is 22.7 Å². The number of aromatic nitrogens is 1. The Morgan fingerprint density at radius 1 is 1.15 bits per heavy atom. The zero-order valence-electron chi connectivity index (χ0n) is 18.1. The molecule has 1 aromatic heterocycles. The molecule has 0 radical (unpaired) electrons. The number of nitrogens with zero attached hydrogens (tertiary/aromatic N) is 1. The van der Waals surface area contributed by atoms with Gasteiger partial charge in [0.05, 0.1) is 18.5 Å². The molecule has 176 valence electrons. The Morgan fingerprint density at radius 2 is 1.79 bits per heavy atom. The fraction of sp³-hybridized carbons (Fsp3) is 0.304. The molecule has 1 amide bonds. The summed E-state index contributed by atoms with van der Waals surface area (Å²) < 4.78 is 61.9. The van der Waals surface area contributed by atoms with Gasteiger partial charge in [0, 0.05) is 22.7 Å². The minimum atomic E-state index is -4.87. The fourth-order valence-corrected chi connectivity index (χ4v) is 3.94. The summed E-state index contributed by atoms with van der Waals surface area (Å²) in [6.07, 6.45) is -3.83. The molecule has 0 aliphatic rings. The van der Waals surface area contributed by atoms with Crippen molar-refractivity contribution in [1.82, 2.24) is 4.57 Å². The van der Waals surface area contributed by atoms with Crippen LogP contribution >= 0.6 is 0 Å². The SMILES string of the molecule is CCCC(C(N)=O)c1c(C)n(C(=O)c2ccc(OC(F)(F)F)cc2)c2cc(F)c(OC)cc12. The van der Waals surface area contributed by atoms with Crippen LogP contribution in [0.5, 0.6) is 11.5 Å². The number of carbonyl (C=O) groups is 2. The molecule has 10 heteroatoms. The largest absolute Gasteiger partial charge is 0.573 e. The molecule has 1 heterocycles. The smallest absolute Gasteiger partial charge is 0.494 e. The standard InChI is InChI=1S/C23H22F4N2O4/c1-4-5-15(21(28)30)20-12(2)29(18-11-17(24)19(32-3)10-16(18)20)22(31)13-6-8-14(9-7-13)33-23(25,26)27/h6-11,15H,4-5H2,1-3H3,(H2,28,30). The highest BCUT2D eigenvalue weighted by Crippen LogP contribution is 2.38.